The molecule has 1 unspecified atom stereocenters. The standard InChI is InChI=1S/C14H22FNO/c1-3-14(17)5-4-10-16(2)11-12-6-8-13(15)9-7-12/h6-9,14,17H,3-5,10-11H2,1-2H3. The summed E-state index contributed by atoms with van der Waals surface area (Å²) in [6, 6.07) is 6.60. The predicted octanol–water partition coefficient (Wildman–Crippen LogP) is 2.81. The first-order valence-electron chi connectivity index (χ1n) is 6.23. The van der Waals surface area contributed by atoms with Crippen molar-refractivity contribution < 1.29 is 9.50 Å². The first-order valence-corrected chi connectivity index (χ1v) is 6.23. The van der Waals surface area contributed by atoms with Gasteiger partial charge in [0.25, 0.3) is 0 Å². The molecule has 17 heavy (non-hydrogen) atoms. The topological polar surface area (TPSA) is 23.5 Å². The van der Waals surface area contributed by atoms with Crippen molar-refractivity contribution in [3.8, 4) is 0 Å². The van der Waals surface area contributed by atoms with Crippen LogP contribution in [0.3, 0.4) is 0 Å². The van der Waals surface area contributed by atoms with E-state index in [4.69, 9.17) is 0 Å². The molecule has 0 radical (unpaired) electrons. The van der Waals surface area contributed by atoms with Gasteiger partial charge in [-0.25, -0.2) is 4.39 Å². The lowest BCUT2D eigenvalue weighted by Gasteiger charge is -2.17. The summed E-state index contributed by atoms with van der Waals surface area (Å²) in [5, 5.41) is 9.43. The largest absolute Gasteiger partial charge is 0.393 e. The van der Waals surface area contributed by atoms with Gasteiger partial charge in [-0.3, -0.25) is 0 Å². The normalized spacial score (nSPS) is 13.0. The molecule has 96 valence electrons. The van der Waals surface area contributed by atoms with Crippen LogP contribution in [0.15, 0.2) is 24.3 Å². The fraction of sp³-hybridized carbons (Fsp3) is 0.571. The third-order valence-electron chi connectivity index (χ3n) is 2.91. The van der Waals surface area contributed by atoms with E-state index in [-0.39, 0.29) is 11.9 Å². The highest BCUT2D eigenvalue weighted by atomic mass is 19.1. The summed E-state index contributed by atoms with van der Waals surface area (Å²) in [5.74, 6) is -0.192. The molecule has 0 aliphatic rings. The van der Waals surface area contributed by atoms with Crippen LogP contribution in [0, 0.1) is 5.82 Å². The fourth-order valence-electron chi connectivity index (χ4n) is 1.78. The Morgan fingerprint density at radius 3 is 2.53 bits per heavy atom. The van der Waals surface area contributed by atoms with Crippen LogP contribution in [0.4, 0.5) is 4.39 Å². The Hall–Kier alpha value is -0.930. The van der Waals surface area contributed by atoms with Crippen LogP contribution in [-0.4, -0.2) is 29.7 Å². The highest BCUT2D eigenvalue weighted by molar-refractivity contribution is 5.15. The quantitative estimate of drug-likeness (QED) is 0.791. The molecule has 0 amide bonds. The van der Waals surface area contributed by atoms with Crippen LogP contribution in [-0.2, 0) is 6.54 Å². The summed E-state index contributed by atoms with van der Waals surface area (Å²) in [7, 11) is 2.04. The zero-order valence-corrected chi connectivity index (χ0v) is 10.7. The minimum Gasteiger partial charge on any atom is -0.393 e. The highest BCUT2D eigenvalue weighted by Crippen LogP contribution is 2.07. The molecule has 0 aliphatic carbocycles. The molecule has 0 aliphatic heterocycles. The summed E-state index contributed by atoms with van der Waals surface area (Å²) >= 11 is 0. The first-order chi connectivity index (χ1) is 8.11. The Bertz CT molecular complexity index is 313. The Balaban J connectivity index is 2.25. The maximum Gasteiger partial charge on any atom is 0.123 e. The second-order valence-electron chi connectivity index (χ2n) is 4.57. The Labute approximate surface area is 103 Å². The van der Waals surface area contributed by atoms with Crippen molar-refractivity contribution >= 4 is 0 Å². The van der Waals surface area contributed by atoms with Crippen LogP contribution in [0.25, 0.3) is 0 Å². The number of hydrogen-bond acceptors (Lipinski definition) is 2. The zero-order chi connectivity index (χ0) is 12.7. The maximum absolute atomic E-state index is 12.7. The number of hydrogen-bond donors (Lipinski definition) is 1. The highest BCUT2D eigenvalue weighted by Gasteiger charge is 2.03. The van der Waals surface area contributed by atoms with Gasteiger partial charge in [0.1, 0.15) is 5.82 Å². The van der Waals surface area contributed by atoms with Gasteiger partial charge in [0, 0.05) is 6.54 Å². The molecule has 1 N–H and O–H groups in total. The number of nitrogens with zero attached hydrogens (tertiary/aromatic N) is 1. The van der Waals surface area contributed by atoms with Gasteiger partial charge >= 0.3 is 0 Å². The molecule has 0 spiro atoms. The van der Waals surface area contributed by atoms with Crippen molar-refractivity contribution in [2.45, 2.75) is 38.8 Å². The molecule has 0 heterocycles. The second kappa shape index (κ2) is 7.41. The molecule has 1 aromatic rings. The van der Waals surface area contributed by atoms with Gasteiger partial charge in [-0.2, -0.15) is 0 Å². The number of benzene rings is 1. The molecule has 1 atom stereocenters. The molecule has 0 fully saturated rings. The van der Waals surface area contributed by atoms with Crippen molar-refractivity contribution in [2.75, 3.05) is 13.6 Å². The van der Waals surface area contributed by atoms with Crippen molar-refractivity contribution in [3.63, 3.8) is 0 Å². The molecule has 0 saturated heterocycles. The predicted molar refractivity (Wildman–Crippen MR) is 68.3 cm³/mol. The molecule has 1 rings (SSSR count). The van der Waals surface area contributed by atoms with Gasteiger partial charge in [0.05, 0.1) is 6.10 Å². The summed E-state index contributed by atoms with van der Waals surface area (Å²) in [4.78, 5) is 2.19. The molecule has 3 heteroatoms. The van der Waals surface area contributed by atoms with Crippen LogP contribution in [0.1, 0.15) is 31.7 Å². The van der Waals surface area contributed by atoms with Gasteiger partial charge in [-0.05, 0) is 50.6 Å². The third-order valence-corrected chi connectivity index (χ3v) is 2.91. The molecular weight excluding hydrogens is 217 g/mol. The monoisotopic (exact) mass is 239 g/mol. The maximum atomic E-state index is 12.7. The zero-order valence-electron chi connectivity index (χ0n) is 10.7. The van der Waals surface area contributed by atoms with Gasteiger partial charge in [0.15, 0.2) is 0 Å². The average Bonchev–Trinajstić information content (AvgIpc) is 2.32. The van der Waals surface area contributed by atoms with Crippen molar-refractivity contribution in [1.29, 1.82) is 0 Å². The fourth-order valence-corrected chi connectivity index (χ4v) is 1.78. The minimum atomic E-state index is -0.192. The van der Waals surface area contributed by atoms with E-state index in [0.29, 0.717) is 0 Å². The molecule has 0 bridgehead atoms. The summed E-state index contributed by atoms with van der Waals surface area (Å²) in [5.41, 5.74) is 1.12. The molecule has 0 aromatic heterocycles. The van der Waals surface area contributed by atoms with Gasteiger partial charge in [0.2, 0.25) is 0 Å². The summed E-state index contributed by atoms with van der Waals surface area (Å²) < 4.78 is 12.7. The lowest BCUT2D eigenvalue weighted by molar-refractivity contribution is 0.151. The van der Waals surface area contributed by atoms with Crippen molar-refractivity contribution in [1.82, 2.24) is 4.90 Å². The van der Waals surface area contributed by atoms with Crippen molar-refractivity contribution in [2.24, 2.45) is 0 Å². The van der Waals surface area contributed by atoms with Gasteiger partial charge < -0.3 is 10.0 Å². The average molecular weight is 239 g/mol. The van der Waals surface area contributed by atoms with Gasteiger partial charge in [-0.1, -0.05) is 19.1 Å². The molecule has 0 saturated carbocycles. The third kappa shape index (κ3) is 5.80. The van der Waals surface area contributed by atoms with E-state index in [9.17, 15) is 9.50 Å². The Kier molecular flexibility index (Phi) is 6.16. The van der Waals surface area contributed by atoms with E-state index in [1.807, 2.05) is 26.1 Å². The van der Waals surface area contributed by atoms with Crippen LogP contribution >= 0.6 is 0 Å². The minimum absolute atomic E-state index is 0.172. The van der Waals surface area contributed by atoms with Crippen LogP contribution < -0.4 is 0 Å². The lowest BCUT2D eigenvalue weighted by Crippen LogP contribution is -2.20. The van der Waals surface area contributed by atoms with E-state index in [1.165, 1.54) is 12.1 Å². The number of rotatable bonds is 7. The second-order valence-corrected chi connectivity index (χ2v) is 4.57. The molecule has 2 nitrogen and oxygen atoms in total. The van der Waals surface area contributed by atoms with Gasteiger partial charge in [-0.15, -0.1) is 0 Å². The number of halogens is 1. The van der Waals surface area contributed by atoms with Crippen molar-refractivity contribution in [3.05, 3.63) is 35.6 Å². The SMILES string of the molecule is CCC(O)CCCN(C)Cc1ccc(F)cc1. The Morgan fingerprint density at radius 2 is 1.94 bits per heavy atom. The smallest absolute Gasteiger partial charge is 0.123 e. The summed E-state index contributed by atoms with van der Waals surface area (Å²) in [6.45, 7) is 3.77. The first kappa shape index (κ1) is 14.1. The van der Waals surface area contributed by atoms with E-state index in [1.54, 1.807) is 0 Å². The van der Waals surface area contributed by atoms with E-state index >= 15 is 0 Å². The van der Waals surface area contributed by atoms with E-state index < -0.39 is 0 Å². The number of aliphatic hydroxyl groups is 1. The van der Waals surface area contributed by atoms with E-state index in [2.05, 4.69) is 4.90 Å². The molecular formula is C14H22FNO. The van der Waals surface area contributed by atoms with Crippen LogP contribution in [0.2, 0.25) is 0 Å². The van der Waals surface area contributed by atoms with Crippen LogP contribution in [0.5, 0.6) is 0 Å². The lowest BCUT2D eigenvalue weighted by atomic mass is 10.1. The molecule has 1 aromatic carbocycles. The van der Waals surface area contributed by atoms with E-state index in [0.717, 1.165) is 37.9 Å². The Morgan fingerprint density at radius 1 is 1.29 bits per heavy atom. The summed E-state index contributed by atoms with van der Waals surface area (Å²) in [6.07, 6.45) is 2.49. The number of aliphatic hydroxyl groups excluding tert-OH is 1.